The van der Waals surface area contributed by atoms with Crippen LogP contribution in [-0.4, -0.2) is 29.8 Å². The molecule has 0 radical (unpaired) electrons. The highest BCUT2D eigenvalue weighted by Crippen LogP contribution is 2.28. The minimum Gasteiger partial charge on any atom is -0.466 e. The first kappa shape index (κ1) is 16.5. The molecule has 0 amide bonds. The first-order chi connectivity index (χ1) is 11.0. The van der Waals surface area contributed by atoms with E-state index in [0.29, 0.717) is 10.9 Å². The highest BCUT2D eigenvalue weighted by molar-refractivity contribution is 5.96. The third-order valence-electron chi connectivity index (χ3n) is 3.22. The van der Waals surface area contributed by atoms with E-state index in [9.17, 15) is 19.2 Å². The van der Waals surface area contributed by atoms with Gasteiger partial charge >= 0.3 is 12.1 Å². The van der Waals surface area contributed by atoms with Crippen LogP contribution in [0.4, 0.5) is 9.18 Å². The van der Waals surface area contributed by atoms with E-state index in [1.165, 1.54) is 18.2 Å². The van der Waals surface area contributed by atoms with E-state index in [2.05, 4.69) is 0 Å². The topological polar surface area (TPSA) is 81.3 Å². The Morgan fingerprint density at radius 3 is 2.57 bits per heavy atom. The van der Waals surface area contributed by atoms with Crippen molar-refractivity contribution in [2.24, 2.45) is 0 Å². The number of rotatable bonds is 4. The summed E-state index contributed by atoms with van der Waals surface area (Å²) in [6.07, 6.45) is -0.987. The molecule has 0 aliphatic rings. The van der Waals surface area contributed by atoms with Crippen LogP contribution < -0.4 is 0 Å². The number of halogens is 1. The largest absolute Gasteiger partial charge is 0.466 e. The van der Waals surface area contributed by atoms with Crippen LogP contribution in [-0.2, 0) is 20.7 Å². The quantitative estimate of drug-likeness (QED) is 0.810. The zero-order valence-electron chi connectivity index (χ0n) is 12.8. The van der Waals surface area contributed by atoms with Gasteiger partial charge in [-0.15, -0.1) is 0 Å². The number of nitrogens with zero attached hydrogens (tertiary/aromatic N) is 2. The van der Waals surface area contributed by atoms with E-state index < -0.39 is 17.9 Å². The number of esters is 1. The SMILES string of the molecule is CCOC(=O)Cc1c(C#N)n(C(=O)OCC)c2ccc(F)cc12. The van der Waals surface area contributed by atoms with E-state index in [-0.39, 0.29) is 30.9 Å². The van der Waals surface area contributed by atoms with E-state index in [0.717, 1.165) is 4.57 Å². The molecule has 0 saturated carbocycles. The smallest absolute Gasteiger partial charge is 0.419 e. The fourth-order valence-corrected chi connectivity index (χ4v) is 2.36. The number of ether oxygens (including phenoxy) is 2. The third kappa shape index (κ3) is 3.16. The van der Waals surface area contributed by atoms with Gasteiger partial charge in [-0.3, -0.25) is 4.79 Å². The van der Waals surface area contributed by atoms with Crippen LogP contribution in [0.5, 0.6) is 0 Å². The number of hydrogen-bond acceptors (Lipinski definition) is 5. The predicted molar refractivity (Wildman–Crippen MR) is 79.4 cm³/mol. The van der Waals surface area contributed by atoms with Crippen molar-refractivity contribution in [2.45, 2.75) is 20.3 Å². The molecule has 120 valence electrons. The normalized spacial score (nSPS) is 10.3. The molecule has 6 nitrogen and oxygen atoms in total. The van der Waals surface area contributed by atoms with Crippen molar-refractivity contribution in [3.05, 3.63) is 35.3 Å². The van der Waals surface area contributed by atoms with Gasteiger partial charge in [0, 0.05) is 10.9 Å². The average molecular weight is 318 g/mol. The van der Waals surface area contributed by atoms with Crippen LogP contribution >= 0.6 is 0 Å². The summed E-state index contributed by atoms with van der Waals surface area (Å²) >= 11 is 0. The van der Waals surface area contributed by atoms with Crippen molar-refractivity contribution in [2.75, 3.05) is 13.2 Å². The fraction of sp³-hybridized carbons (Fsp3) is 0.312. The molecule has 0 N–H and O–H groups in total. The Labute approximate surface area is 132 Å². The molecule has 23 heavy (non-hydrogen) atoms. The highest BCUT2D eigenvalue weighted by atomic mass is 19.1. The first-order valence-electron chi connectivity index (χ1n) is 7.09. The van der Waals surface area contributed by atoms with Crippen LogP contribution in [0.1, 0.15) is 25.1 Å². The minimum absolute atomic E-state index is 0.0582. The molecule has 0 spiro atoms. The monoisotopic (exact) mass is 318 g/mol. The summed E-state index contributed by atoms with van der Waals surface area (Å²) < 4.78 is 24.4. The molecule has 1 heterocycles. The number of aromatic nitrogens is 1. The molecule has 0 aliphatic heterocycles. The zero-order chi connectivity index (χ0) is 17.0. The maximum Gasteiger partial charge on any atom is 0.419 e. The number of nitriles is 1. The van der Waals surface area contributed by atoms with Gasteiger partial charge < -0.3 is 9.47 Å². The van der Waals surface area contributed by atoms with Gasteiger partial charge in [0.2, 0.25) is 0 Å². The van der Waals surface area contributed by atoms with E-state index in [1.807, 2.05) is 6.07 Å². The Morgan fingerprint density at radius 1 is 1.26 bits per heavy atom. The lowest BCUT2D eigenvalue weighted by Gasteiger charge is -2.05. The Hall–Kier alpha value is -2.88. The lowest BCUT2D eigenvalue weighted by molar-refractivity contribution is -0.142. The van der Waals surface area contributed by atoms with Crippen molar-refractivity contribution in [1.82, 2.24) is 4.57 Å². The van der Waals surface area contributed by atoms with Gasteiger partial charge in [-0.25, -0.2) is 13.8 Å². The lowest BCUT2D eigenvalue weighted by atomic mass is 10.1. The number of carbonyl (C=O) groups is 2. The molecule has 1 aromatic carbocycles. The summed E-state index contributed by atoms with van der Waals surface area (Å²) in [5.74, 6) is -1.09. The third-order valence-corrected chi connectivity index (χ3v) is 3.22. The average Bonchev–Trinajstić information content (AvgIpc) is 2.81. The van der Waals surface area contributed by atoms with E-state index in [4.69, 9.17) is 9.47 Å². The van der Waals surface area contributed by atoms with E-state index in [1.54, 1.807) is 13.8 Å². The van der Waals surface area contributed by atoms with E-state index >= 15 is 0 Å². The van der Waals surface area contributed by atoms with Crippen LogP contribution in [0.2, 0.25) is 0 Å². The van der Waals surface area contributed by atoms with Crippen molar-refractivity contribution in [3.63, 3.8) is 0 Å². The standard InChI is InChI=1S/C16H15FN2O4/c1-3-22-15(20)8-12-11-7-10(17)5-6-13(11)19(14(12)9-18)16(21)23-4-2/h5-7H,3-4,8H2,1-2H3. The second kappa shape index (κ2) is 6.92. The Bertz CT molecular complexity index is 804. The molecule has 1 aromatic heterocycles. The summed E-state index contributed by atoms with van der Waals surface area (Å²) in [6, 6.07) is 5.62. The van der Waals surface area contributed by atoms with Gasteiger partial charge in [-0.1, -0.05) is 0 Å². The molecular formula is C16H15FN2O4. The van der Waals surface area contributed by atoms with Gasteiger partial charge in [-0.2, -0.15) is 5.26 Å². The second-order valence-corrected chi connectivity index (χ2v) is 4.62. The Balaban J connectivity index is 2.69. The molecular weight excluding hydrogens is 303 g/mol. The van der Waals surface area contributed by atoms with Crippen LogP contribution in [0.25, 0.3) is 10.9 Å². The van der Waals surface area contributed by atoms with Crippen LogP contribution in [0.15, 0.2) is 18.2 Å². The molecule has 0 saturated heterocycles. The molecule has 2 aromatic rings. The summed E-state index contributed by atoms with van der Waals surface area (Å²) in [7, 11) is 0. The first-order valence-corrected chi connectivity index (χ1v) is 7.09. The van der Waals surface area contributed by atoms with Crippen molar-refractivity contribution < 1.29 is 23.5 Å². The molecule has 2 rings (SSSR count). The maximum absolute atomic E-state index is 13.6. The Morgan fingerprint density at radius 2 is 1.96 bits per heavy atom. The molecule has 0 fully saturated rings. The van der Waals surface area contributed by atoms with Crippen LogP contribution in [0, 0.1) is 17.1 Å². The molecule has 0 aliphatic carbocycles. The number of hydrogen-bond donors (Lipinski definition) is 0. The highest BCUT2D eigenvalue weighted by Gasteiger charge is 2.24. The summed E-state index contributed by atoms with van der Waals surface area (Å²) in [6.45, 7) is 3.60. The molecule has 7 heteroatoms. The number of carbonyl (C=O) groups excluding carboxylic acids is 2. The lowest BCUT2D eigenvalue weighted by Crippen LogP contribution is -2.16. The second-order valence-electron chi connectivity index (χ2n) is 4.62. The van der Waals surface area contributed by atoms with Gasteiger partial charge in [0.1, 0.15) is 17.6 Å². The molecule has 0 atom stereocenters. The van der Waals surface area contributed by atoms with Crippen molar-refractivity contribution in [3.8, 4) is 6.07 Å². The maximum atomic E-state index is 13.6. The summed E-state index contributed by atoms with van der Waals surface area (Å²) in [5, 5.41) is 9.71. The van der Waals surface area contributed by atoms with Gasteiger partial charge in [-0.05, 0) is 32.0 Å². The molecule has 0 bridgehead atoms. The fourth-order valence-electron chi connectivity index (χ4n) is 2.36. The molecule has 0 unspecified atom stereocenters. The van der Waals surface area contributed by atoms with Crippen LogP contribution in [0.3, 0.4) is 0 Å². The van der Waals surface area contributed by atoms with Gasteiger partial charge in [0.05, 0.1) is 25.2 Å². The zero-order valence-corrected chi connectivity index (χ0v) is 12.8. The predicted octanol–water partition coefficient (Wildman–Crippen LogP) is 2.76. The number of fused-ring (bicyclic) bond motifs is 1. The Kier molecular flexibility index (Phi) is 4.96. The van der Waals surface area contributed by atoms with Crippen molar-refractivity contribution in [1.29, 1.82) is 5.26 Å². The van der Waals surface area contributed by atoms with Crippen molar-refractivity contribution >= 4 is 23.0 Å². The number of benzene rings is 1. The van der Waals surface area contributed by atoms with Gasteiger partial charge in [0.15, 0.2) is 0 Å². The summed E-state index contributed by atoms with van der Waals surface area (Å²) in [4.78, 5) is 23.9. The summed E-state index contributed by atoms with van der Waals surface area (Å²) in [5.41, 5.74) is 0.492. The van der Waals surface area contributed by atoms with Gasteiger partial charge in [0.25, 0.3) is 0 Å². The minimum atomic E-state index is -0.754.